The summed E-state index contributed by atoms with van der Waals surface area (Å²) in [5.74, 6) is 0.127. The van der Waals surface area contributed by atoms with Crippen LogP contribution in [0.1, 0.15) is 18.1 Å². The number of carbonyl (C=O) groups excluding carboxylic acids is 1. The van der Waals surface area contributed by atoms with Crippen LogP contribution in [0.5, 0.6) is 5.75 Å². The Balaban J connectivity index is 1.53. The van der Waals surface area contributed by atoms with Crippen molar-refractivity contribution in [2.24, 2.45) is 0 Å². The maximum Gasteiger partial charge on any atom is 0.310 e. The molecule has 1 fully saturated rings. The monoisotopic (exact) mass is 356 g/mol. The van der Waals surface area contributed by atoms with E-state index in [1.54, 1.807) is 17.0 Å². The third-order valence-corrected chi connectivity index (χ3v) is 4.23. The first kappa shape index (κ1) is 17.9. The van der Waals surface area contributed by atoms with Crippen molar-refractivity contribution < 1.29 is 19.2 Å². The van der Waals surface area contributed by atoms with Gasteiger partial charge >= 0.3 is 5.69 Å². The fourth-order valence-electron chi connectivity index (χ4n) is 2.88. The van der Waals surface area contributed by atoms with Gasteiger partial charge in [-0.15, -0.1) is 0 Å². The number of para-hydroxylation sites is 2. The summed E-state index contributed by atoms with van der Waals surface area (Å²) in [6, 6.07) is 15.9. The molecule has 0 radical (unpaired) electrons. The van der Waals surface area contributed by atoms with E-state index < -0.39 is 4.92 Å². The molecule has 7 heteroatoms. The average molecular weight is 356 g/mol. The number of hydrogen-bond donors (Lipinski definition) is 0. The highest BCUT2D eigenvalue weighted by molar-refractivity contribution is 5.76. The van der Waals surface area contributed by atoms with E-state index in [1.807, 2.05) is 30.3 Å². The van der Waals surface area contributed by atoms with Crippen molar-refractivity contribution in [2.75, 3.05) is 26.3 Å². The summed E-state index contributed by atoms with van der Waals surface area (Å²) in [7, 11) is 0. The van der Waals surface area contributed by atoms with Crippen LogP contribution in [0.15, 0.2) is 54.6 Å². The average Bonchev–Trinajstić information content (AvgIpc) is 2.69. The lowest BCUT2D eigenvalue weighted by atomic mass is 10.1. The summed E-state index contributed by atoms with van der Waals surface area (Å²) in [4.78, 5) is 24.7. The van der Waals surface area contributed by atoms with E-state index in [0.717, 1.165) is 5.56 Å². The van der Waals surface area contributed by atoms with E-state index in [1.165, 1.54) is 12.1 Å². The molecule has 0 saturated carbocycles. The molecular formula is C19H20N2O5. The number of nitro groups is 1. The van der Waals surface area contributed by atoms with Crippen LogP contribution in [0, 0.1) is 10.1 Å². The van der Waals surface area contributed by atoms with Crippen molar-refractivity contribution >= 4 is 11.6 Å². The first-order chi connectivity index (χ1) is 12.6. The van der Waals surface area contributed by atoms with E-state index in [9.17, 15) is 14.9 Å². The van der Waals surface area contributed by atoms with E-state index in [2.05, 4.69) is 0 Å². The zero-order chi connectivity index (χ0) is 18.4. The van der Waals surface area contributed by atoms with Gasteiger partial charge in [-0.3, -0.25) is 14.9 Å². The summed E-state index contributed by atoms with van der Waals surface area (Å²) in [5, 5.41) is 11.0. The summed E-state index contributed by atoms with van der Waals surface area (Å²) in [6.07, 6.45) is 0.0260. The van der Waals surface area contributed by atoms with Crippen LogP contribution in [0.3, 0.4) is 0 Å². The van der Waals surface area contributed by atoms with E-state index >= 15 is 0 Å². The first-order valence-corrected chi connectivity index (χ1v) is 8.45. The predicted molar refractivity (Wildman–Crippen MR) is 94.9 cm³/mol. The molecule has 136 valence electrons. The number of amides is 1. The Hall–Kier alpha value is -2.93. The zero-order valence-electron chi connectivity index (χ0n) is 14.2. The lowest BCUT2D eigenvalue weighted by Crippen LogP contribution is -2.42. The fourth-order valence-corrected chi connectivity index (χ4v) is 2.88. The maximum atomic E-state index is 12.4. The van der Waals surface area contributed by atoms with Crippen molar-refractivity contribution in [3.63, 3.8) is 0 Å². The molecule has 3 rings (SSSR count). The highest BCUT2D eigenvalue weighted by Crippen LogP contribution is 2.26. The van der Waals surface area contributed by atoms with Crippen LogP contribution >= 0.6 is 0 Å². The summed E-state index contributed by atoms with van der Waals surface area (Å²) in [5.41, 5.74) is 0.941. The highest BCUT2D eigenvalue weighted by atomic mass is 16.6. The Labute approximate surface area is 151 Å². The molecule has 26 heavy (non-hydrogen) atoms. The molecular weight excluding hydrogens is 336 g/mol. The van der Waals surface area contributed by atoms with Crippen molar-refractivity contribution in [1.29, 1.82) is 0 Å². The SMILES string of the molecule is O=C(CCOc1ccccc1[N+](=O)[O-])N1CCO[C@H](c2ccccc2)C1. The normalized spacial score (nSPS) is 16.9. The number of morpholine rings is 1. The predicted octanol–water partition coefficient (Wildman–Crippen LogP) is 2.96. The number of benzene rings is 2. The highest BCUT2D eigenvalue weighted by Gasteiger charge is 2.25. The van der Waals surface area contributed by atoms with Gasteiger partial charge in [-0.05, 0) is 11.6 Å². The molecule has 1 atom stereocenters. The molecule has 7 nitrogen and oxygen atoms in total. The summed E-state index contributed by atoms with van der Waals surface area (Å²) < 4.78 is 11.2. The van der Waals surface area contributed by atoms with Gasteiger partial charge in [0.2, 0.25) is 5.91 Å². The molecule has 2 aromatic rings. The van der Waals surface area contributed by atoms with Crippen LogP contribution < -0.4 is 4.74 Å². The van der Waals surface area contributed by atoms with Crippen LogP contribution in [-0.2, 0) is 9.53 Å². The quantitative estimate of drug-likeness (QED) is 0.587. The number of carbonyl (C=O) groups is 1. The number of nitro benzene ring substituents is 1. The Kier molecular flexibility index (Phi) is 5.80. The second-order valence-corrected chi connectivity index (χ2v) is 5.93. The Morgan fingerprint density at radius 3 is 2.69 bits per heavy atom. The van der Waals surface area contributed by atoms with Gasteiger partial charge in [-0.1, -0.05) is 42.5 Å². The molecule has 0 unspecified atom stereocenters. The third-order valence-electron chi connectivity index (χ3n) is 4.23. The van der Waals surface area contributed by atoms with Crippen molar-refractivity contribution in [2.45, 2.75) is 12.5 Å². The van der Waals surface area contributed by atoms with Gasteiger partial charge in [-0.2, -0.15) is 0 Å². The molecule has 1 aliphatic heterocycles. The van der Waals surface area contributed by atoms with Gasteiger partial charge in [0.25, 0.3) is 0 Å². The molecule has 0 spiro atoms. The fraction of sp³-hybridized carbons (Fsp3) is 0.316. The van der Waals surface area contributed by atoms with Crippen molar-refractivity contribution in [3.8, 4) is 5.75 Å². The number of hydrogen-bond acceptors (Lipinski definition) is 5. The van der Waals surface area contributed by atoms with Crippen LogP contribution in [0.25, 0.3) is 0 Å². The standard InChI is InChI=1S/C19H20N2O5/c22-19(10-12-25-17-9-5-4-8-16(17)21(23)24)20-11-13-26-18(14-20)15-6-2-1-3-7-15/h1-9,18H,10-14H2/t18-/m0/s1. The Morgan fingerprint density at radius 1 is 1.19 bits per heavy atom. The number of rotatable bonds is 6. The minimum atomic E-state index is -0.496. The van der Waals surface area contributed by atoms with Crippen molar-refractivity contribution in [1.82, 2.24) is 4.90 Å². The first-order valence-electron chi connectivity index (χ1n) is 8.45. The summed E-state index contributed by atoms with van der Waals surface area (Å²) >= 11 is 0. The second-order valence-electron chi connectivity index (χ2n) is 5.93. The Morgan fingerprint density at radius 2 is 1.92 bits per heavy atom. The van der Waals surface area contributed by atoms with Crippen LogP contribution in [0.4, 0.5) is 5.69 Å². The summed E-state index contributed by atoms with van der Waals surface area (Å²) in [6.45, 7) is 1.61. The lowest BCUT2D eigenvalue weighted by Gasteiger charge is -2.33. The molecule has 1 aliphatic rings. The minimum absolute atomic E-state index is 0.0483. The van der Waals surface area contributed by atoms with Crippen molar-refractivity contribution in [3.05, 3.63) is 70.3 Å². The molecule has 0 aliphatic carbocycles. The van der Waals surface area contributed by atoms with Gasteiger partial charge < -0.3 is 14.4 Å². The molecule has 0 aromatic heterocycles. The molecule has 1 saturated heterocycles. The lowest BCUT2D eigenvalue weighted by molar-refractivity contribution is -0.385. The molecule has 0 N–H and O–H groups in total. The van der Waals surface area contributed by atoms with Crippen LogP contribution in [-0.4, -0.2) is 42.0 Å². The van der Waals surface area contributed by atoms with E-state index in [4.69, 9.17) is 9.47 Å². The Bertz CT molecular complexity index is 766. The topological polar surface area (TPSA) is 81.9 Å². The molecule has 2 aromatic carbocycles. The second kappa shape index (κ2) is 8.44. The van der Waals surface area contributed by atoms with Gasteiger partial charge in [0.05, 0.1) is 31.1 Å². The van der Waals surface area contributed by atoms with Gasteiger partial charge in [-0.25, -0.2) is 0 Å². The number of ether oxygens (including phenoxy) is 2. The van der Waals surface area contributed by atoms with Gasteiger partial charge in [0.15, 0.2) is 5.75 Å². The van der Waals surface area contributed by atoms with Gasteiger partial charge in [0, 0.05) is 12.6 Å². The van der Waals surface area contributed by atoms with E-state index in [0.29, 0.717) is 19.7 Å². The van der Waals surface area contributed by atoms with Gasteiger partial charge in [0.1, 0.15) is 6.10 Å². The number of nitrogens with zero attached hydrogens (tertiary/aromatic N) is 2. The van der Waals surface area contributed by atoms with Crippen LogP contribution in [0.2, 0.25) is 0 Å². The third kappa shape index (κ3) is 4.37. The zero-order valence-corrected chi connectivity index (χ0v) is 14.2. The molecule has 0 bridgehead atoms. The minimum Gasteiger partial charge on any atom is -0.486 e. The maximum absolute atomic E-state index is 12.4. The molecule has 1 amide bonds. The largest absolute Gasteiger partial charge is 0.486 e. The smallest absolute Gasteiger partial charge is 0.310 e. The van der Waals surface area contributed by atoms with E-state index in [-0.39, 0.29) is 36.5 Å². The molecule has 1 heterocycles.